The molecular weight excluding hydrogens is 360 g/mol. The van der Waals surface area contributed by atoms with E-state index in [1.807, 2.05) is 54.6 Å². The van der Waals surface area contributed by atoms with Crippen LogP contribution in [0.4, 0.5) is 0 Å². The Balaban J connectivity index is 0.00000261. The molecule has 27 heavy (non-hydrogen) atoms. The van der Waals surface area contributed by atoms with Gasteiger partial charge in [0.25, 0.3) is 0 Å². The van der Waals surface area contributed by atoms with Crippen molar-refractivity contribution in [3.05, 3.63) is 60.2 Å². The number of hydrogen-bond acceptors (Lipinski definition) is 3. The molecule has 2 aromatic carbocycles. The Bertz CT molecular complexity index is 726. The minimum atomic E-state index is -0.0368. The zero-order chi connectivity index (χ0) is 18.2. The zero-order valence-corrected chi connectivity index (χ0v) is 16.3. The van der Waals surface area contributed by atoms with Gasteiger partial charge in [-0.1, -0.05) is 54.6 Å². The number of rotatable bonds is 8. The molecule has 0 radical (unpaired) electrons. The highest BCUT2D eigenvalue weighted by Gasteiger charge is 2.14. The van der Waals surface area contributed by atoms with Crippen molar-refractivity contribution in [2.24, 2.45) is 5.92 Å². The highest BCUT2D eigenvalue weighted by atomic mass is 35.5. The standard InChI is InChI=1S/C22H26N2O2.ClH/c25-21(10-11-22(26)24-15-13-17-12-14-23-16-17)20-8-6-19(7-9-20)18-4-2-1-3-5-18;/h1-9,17,23H,10-16H2,(H,24,26);1H. The fraction of sp³-hybridized carbons (Fsp3) is 0.364. The summed E-state index contributed by atoms with van der Waals surface area (Å²) in [6, 6.07) is 17.7. The van der Waals surface area contributed by atoms with Gasteiger partial charge in [-0.3, -0.25) is 9.59 Å². The van der Waals surface area contributed by atoms with Crippen molar-refractivity contribution >= 4 is 24.1 Å². The van der Waals surface area contributed by atoms with E-state index in [2.05, 4.69) is 10.6 Å². The minimum Gasteiger partial charge on any atom is -0.356 e. The maximum atomic E-state index is 12.3. The lowest BCUT2D eigenvalue weighted by atomic mass is 10.0. The SMILES string of the molecule is Cl.O=C(CCC(=O)c1ccc(-c2ccccc2)cc1)NCCC1CCNC1. The summed E-state index contributed by atoms with van der Waals surface area (Å²) in [4.78, 5) is 24.2. The molecule has 1 aliphatic heterocycles. The molecule has 0 aromatic heterocycles. The zero-order valence-electron chi connectivity index (χ0n) is 15.4. The first-order valence-corrected chi connectivity index (χ1v) is 9.38. The average molecular weight is 387 g/mol. The van der Waals surface area contributed by atoms with Crippen LogP contribution >= 0.6 is 12.4 Å². The van der Waals surface area contributed by atoms with Gasteiger partial charge in [-0.15, -0.1) is 12.4 Å². The van der Waals surface area contributed by atoms with Crippen LogP contribution in [0.15, 0.2) is 54.6 Å². The molecule has 1 atom stereocenters. The van der Waals surface area contributed by atoms with Crippen molar-refractivity contribution in [2.45, 2.75) is 25.7 Å². The van der Waals surface area contributed by atoms with E-state index in [0.717, 1.165) is 30.6 Å². The van der Waals surface area contributed by atoms with Gasteiger partial charge in [0.1, 0.15) is 0 Å². The summed E-state index contributed by atoms with van der Waals surface area (Å²) < 4.78 is 0. The number of Topliss-reactive ketones (excluding diaryl/α,β-unsaturated/α-hetero) is 1. The van der Waals surface area contributed by atoms with E-state index in [1.54, 1.807) is 0 Å². The fourth-order valence-electron chi connectivity index (χ4n) is 3.32. The monoisotopic (exact) mass is 386 g/mol. The lowest BCUT2D eigenvalue weighted by Gasteiger charge is -2.09. The van der Waals surface area contributed by atoms with Gasteiger partial charge in [0.15, 0.2) is 5.78 Å². The third-order valence-corrected chi connectivity index (χ3v) is 4.93. The van der Waals surface area contributed by atoms with Gasteiger partial charge in [0.05, 0.1) is 0 Å². The van der Waals surface area contributed by atoms with Crippen LogP contribution in [-0.2, 0) is 4.79 Å². The largest absolute Gasteiger partial charge is 0.356 e. The van der Waals surface area contributed by atoms with Gasteiger partial charge >= 0.3 is 0 Å². The molecule has 3 rings (SSSR count). The van der Waals surface area contributed by atoms with Crippen molar-refractivity contribution in [3.63, 3.8) is 0 Å². The summed E-state index contributed by atoms with van der Waals surface area (Å²) in [7, 11) is 0. The van der Waals surface area contributed by atoms with Gasteiger partial charge < -0.3 is 10.6 Å². The third kappa shape index (κ3) is 6.49. The van der Waals surface area contributed by atoms with E-state index in [9.17, 15) is 9.59 Å². The maximum Gasteiger partial charge on any atom is 0.220 e. The van der Waals surface area contributed by atoms with Crippen molar-refractivity contribution in [3.8, 4) is 11.1 Å². The second-order valence-electron chi connectivity index (χ2n) is 6.86. The van der Waals surface area contributed by atoms with Crippen molar-refractivity contribution in [2.75, 3.05) is 19.6 Å². The molecule has 1 heterocycles. The van der Waals surface area contributed by atoms with Gasteiger partial charge in [0, 0.05) is 24.9 Å². The van der Waals surface area contributed by atoms with Crippen LogP contribution < -0.4 is 10.6 Å². The van der Waals surface area contributed by atoms with Gasteiger partial charge in [-0.05, 0) is 43.0 Å². The number of amides is 1. The Morgan fingerprint density at radius 2 is 1.67 bits per heavy atom. The Morgan fingerprint density at radius 3 is 2.33 bits per heavy atom. The van der Waals surface area contributed by atoms with Crippen LogP contribution in [0.1, 0.15) is 36.0 Å². The average Bonchev–Trinajstić information content (AvgIpc) is 3.20. The summed E-state index contributed by atoms with van der Waals surface area (Å²) in [5.74, 6) is 0.644. The highest BCUT2D eigenvalue weighted by Crippen LogP contribution is 2.20. The molecule has 4 nitrogen and oxygen atoms in total. The quantitative estimate of drug-likeness (QED) is 0.677. The summed E-state index contributed by atoms with van der Waals surface area (Å²) in [6.07, 6.45) is 2.70. The van der Waals surface area contributed by atoms with Crippen molar-refractivity contribution in [1.82, 2.24) is 10.6 Å². The lowest BCUT2D eigenvalue weighted by Crippen LogP contribution is -2.26. The molecule has 2 aromatic rings. The predicted molar refractivity (Wildman–Crippen MR) is 111 cm³/mol. The van der Waals surface area contributed by atoms with E-state index < -0.39 is 0 Å². The molecular formula is C22H27ClN2O2. The number of ketones is 1. The highest BCUT2D eigenvalue weighted by molar-refractivity contribution is 5.98. The number of benzene rings is 2. The number of carbonyl (C=O) groups is 2. The fourth-order valence-corrected chi connectivity index (χ4v) is 3.32. The van der Waals surface area contributed by atoms with Crippen LogP contribution in [0.3, 0.4) is 0 Å². The summed E-state index contributed by atoms with van der Waals surface area (Å²) in [6.45, 7) is 2.83. The van der Waals surface area contributed by atoms with Gasteiger partial charge in [0.2, 0.25) is 5.91 Å². The lowest BCUT2D eigenvalue weighted by molar-refractivity contribution is -0.121. The Morgan fingerprint density at radius 1 is 0.963 bits per heavy atom. The summed E-state index contributed by atoms with van der Waals surface area (Å²) in [5.41, 5.74) is 2.87. The van der Waals surface area contributed by atoms with Crippen molar-refractivity contribution < 1.29 is 9.59 Å². The number of carbonyl (C=O) groups excluding carboxylic acids is 2. The minimum absolute atomic E-state index is 0. The molecule has 1 amide bonds. The Hall–Kier alpha value is -2.17. The second-order valence-corrected chi connectivity index (χ2v) is 6.86. The topological polar surface area (TPSA) is 58.2 Å². The van der Waals surface area contributed by atoms with E-state index in [4.69, 9.17) is 0 Å². The molecule has 1 fully saturated rings. The molecule has 0 bridgehead atoms. The van der Waals surface area contributed by atoms with E-state index in [-0.39, 0.29) is 36.9 Å². The normalized spacial score (nSPS) is 15.8. The van der Waals surface area contributed by atoms with Crippen LogP contribution in [0, 0.1) is 5.92 Å². The first-order valence-electron chi connectivity index (χ1n) is 9.38. The molecule has 1 saturated heterocycles. The maximum absolute atomic E-state index is 12.3. The predicted octanol–water partition coefficient (Wildman–Crippen LogP) is 3.85. The molecule has 0 spiro atoms. The van der Waals surface area contributed by atoms with Gasteiger partial charge in [-0.25, -0.2) is 0 Å². The summed E-state index contributed by atoms with van der Waals surface area (Å²) in [5, 5.41) is 6.25. The summed E-state index contributed by atoms with van der Waals surface area (Å²) >= 11 is 0. The molecule has 1 aliphatic rings. The Kier molecular flexibility index (Phi) is 8.49. The molecule has 0 aliphatic carbocycles. The smallest absolute Gasteiger partial charge is 0.220 e. The van der Waals surface area contributed by atoms with Gasteiger partial charge in [-0.2, -0.15) is 0 Å². The number of halogens is 1. The first-order chi connectivity index (χ1) is 12.7. The van der Waals surface area contributed by atoms with E-state index >= 15 is 0 Å². The Labute approximate surface area is 167 Å². The molecule has 0 saturated carbocycles. The van der Waals surface area contributed by atoms with Crippen molar-refractivity contribution in [1.29, 1.82) is 0 Å². The molecule has 1 unspecified atom stereocenters. The van der Waals surface area contributed by atoms with Crippen LogP contribution in [0.25, 0.3) is 11.1 Å². The third-order valence-electron chi connectivity index (χ3n) is 4.93. The molecule has 144 valence electrons. The number of hydrogen-bond donors (Lipinski definition) is 2. The van der Waals surface area contributed by atoms with Crippen LogP contribution in [0.2, 0.25) is 0 Å². The van der Waals surface area contributed by atoms with E-state index in [1.165, 1.54) is 6.42 Å². The molecule has 2 N–H and O–H groups in total. The van der Waals surface area contributed by atoms with Crippen LogP contribution in [-0.4, -0.2) is 31.3 Å². The first kappa shape index (κ1) is 21.1. The molecule has 5 heteroatoms. The van der Waals surface area contributed by atoms with Crippen LogP contribution in [0.5, 0.6) is 0 Å². The second kappa shape index (κ2) is 10.9. The van der Waals surface area contributed by atoms with E-state index in [0.29, 0.717) is 18.0 Å². The number of nitrogens with one attached hydrogen (secondary N) is 2.